The smallest absolute Gasteiger partial charge is 0.418 e. The van der Waals surface area contributed by atoms with Crippen LogP contribution in [0.3, 0.4) is 0 Å². The highest BCUT2D eigenvalue weighted by Crippen LogP contribution is 2.42. The zero-order valence-electron chi connectivity index (χ0n) is 26.2. The maximum atomic E-state index is 13.9. The van der Waals surface area contributed by atoms with E-state index < -0.39 is 15.1 Å². The number of para-hydroxylation sites is 2. The third kappa shape index (κ3) is 6.95. The van der Waals surface area contributed by atoms with Gasteiger partial charge in [0.2, 0.25) is 0 Å². The van der Waals surface area contributed by atoms with Crippen molar-refractivity contribution in [2.75, 3.05) is 11.5 Å². The molecule has 5 aromatic carbocycles. The van der Waals surface area contributed by atoms with Crippen LogP contribution in [0.2, 0.25) is 0 Å². The van der Waals surface area contributed by atoms with E-state index in [0.717, 1.165) is 24.2 Å². The SMILES string of the molecule is CC(C)(C)c1cccc2c1CCC(COC(=O)N(c1ccccc1)c1ccccc1)C2O[Si](c1ccccc1)c1ccccc1. The van der Waals surface area contributed by atoms with Gasteiger partial charge in [-0.05, 0) is 69.6 Å². The van der Waals surface area contributed by atoms with Gasteiger partial charge in [0.05, 0.1) is 24.1 Å². The first-order chi connectivity index (χ1) is 21.9. The minimum absolute atomic E-state index is 0.00232. The molecule has 5 heteroatoms. The predicted molar refractivity (Wildman–Crippen MR) is 185 cm³/mol. The minimum Gasteiger partial charge on any atom is -0.448 e. The Hall–Kier alpha value is -4.45. The molecule has 0 saturated carbocycles. The van der Waals surface area contributed by atoms with Crippen molar-refractivity contribution in [2.24, 2.45) is 5.92 Å². The third-order valence-electron chi connectivity index (χ3n) is 8.47. The number of ether oxygens (including phenoxy) is 1. The molecule has 227 valence electrons. The van der Waals surface area contributed by atoms with Crippen molar-refractivity contribution in [3.8, 4) is 0 Å². The van der Waals surface area contributed by atoms with E-state index in [4.69, 9.17) is 9.16 Å². The molecule has 1 aliphatic carbocycles. The second kappa shape index (κ2) is 13.7. The first kappa shape index (κ1) is 30.6. The zero-order valence-corrected chi connectivity index (χ0v) is 27.2. The van der Waals surface area contributed by atoms with Crippen LogP contribution in [0.1, 0.15) is 50.0 Å². The number of hydrogen-bond donors (Lipinski definition) is 0. The van der Waals surface area contributed by atoms with E-state index in [-0.39, 0.29) is 24.0 Å². The summed E-state index contributed by atoms with van der Waals surface area (Å²) in [4.78, 5) is 15.5. The lowest BCUT2D eigenvalue weighted by molar-refractivity contribution is 0.0609. The second-order valence-corrected chi connectivity index (χ2v) is 14.7. The molecule has 0 saturated heterocycles. The molecule has 0 aromatic heterocycles. The molecule has 0 N–H and O–H groups in total. The van der Waals surface area contributed by atoms with Crippen LogP contribution in [0.4, 0.5) is 16.2 Å². The average Bonchev–Trinajstić information content (AvgIpc) is 3.07. The molecule has 0 aliphatic heterocycles. The van der Waals surface area contributed by atoms with Gasteiger partial charge in [-0.25, -0.2) is 9.69 Å². The topological polar surface area (TPSA) is 38.8 Å². The number of carbonyl (C=O) groups is 1. The van der Waals surface area contributed by atoms with Gasteiger partial charge in [0.15, 0.2) is 0 Å². The number of rotatable bonds is 8. The van der Waals surface area contributed by atoms with Crippen LogP contribution in [-0.2, 0) is 21.0 Å². The fourth-order valence-electron chi connectivity index (χ4n) is 6.28. The van der Waals surface area contributed by atoms with Crippen LogP contribution < -0.4 is 15.3 Å². The standard InChI is InChI=1S/C40H40NO3Si/c1-40(2,3)37-26-16-25-36-35(37)28-27-30(38(36)44-45(33-21-12-6-13-22-33)34-23-14-7-15-24-34)29-43-39(42)41(31-17-8-4-9-18-31)32-19-10-5-11-20-32/h4-26,30,38H,27-29H2,1-3H3. The molecule has 2 atom stereocenters. The third-order valence-corrected chi connectivity index (χ3v) is 10.7. The molecule has 1 aliphatic rings. The van der Waals surface area contributed by atoms with Gasteiger partial charge in [-0.2, -0.15) is 0 Å². The van der Waals surface area contributed by atoms with Crippen LogP contribution in [0.5, 0.6) is 0 Å². The lowest BCUT2D eigenvalue weighted by Crippen LogP contribution is -2.47. The van der Waals surface area contributed by atoms with E-state index in [1.54, 1.807) is 4.90 Å². The van der Waals surface area contributed by atoms with Crippen molar-refractivity contribution >= 4 is 36.9 Å². The van der Waals surface area contributed by atoms with Gasteiger partial charge < -0.3 is 9.16 Å². The summed E-state index contributed by atoms with van der Waals surface area (Å²) in [7, 11) is -1.61. The van der Waals surface area contributed by atoms with Crippen LogP contribution in [0, 0.1) is 5.92 Å². The second-order valence-electron chi connectivity index (χ2n) is 12.6. The first-order valence-electron chi connectivity index (χ1n) is 15.7. The van der Waals surface area contributed by atoms with Crippen LogP contribution in [0.25, 0.3) is 0 Å². The number of benzene rings is 5. The van der Waals surface area contributed by atoms with Crippen molar-refractivity contribution in [1.29, 1.82) is 0 Å². The van der Waals surface area contributed by atoms with Crippen molar-refractivity contribution < 1.29 is 14.0 Å². The number of anilines is 2. The Morgan fingerprint density at radius 3 is 1.73 bits per heavy atom. The Morgan fingerprint density at radius 2 is 1.22 bits per heavy atom. The lowest BCUT2D eigenvalue weighted by Gasteiger charge is -2.38. The van der Waals surface area contributed by atoms with E-state index >= 15 is 0 Å². The highest BCUT2D eigenvalue weighted by molar-refractivity contribution is 6.80. The fourth-order valence-corrected chi connectivity index (χ4v) is 8.45. The molecular weight excluding hydrogens is 571 g/mol. The summed E-state index contributed by atoms with van der Waals surface area (Å²) >= 11 is 0. The quantitative estimate of drug-likeness (QED) is 0.166. The van der Waals surface area contributed by atoms with E-state index in [2.05, 4.69) is 87.5 Å². The highest BCUT2D eigenvalue weighted by Gasteiger charge is 2.37. The maximum Gasteiger partial charge on any atom is 0.418 e. The summed E-state index contributed by atoms with van der Waals surface area (Å²) in [6, 6.07) is 47.1. The summed E-state index contributed by atoms with van der Waals surface area (Å²) < 4.78 is 13.5. The van der Waals surface area contributed by atoms with Crippen molar-refractivity contribution in [2.45, 2.75) is 45.1 Å². The number of hydrogen-bond acceptors (Lipinski definition) is 3. The van der Waals surface area contributed by atoms with Gasteiger partial charge in [-0.3, -0.25) is 0 Å². The Morgan fingerprint density at radius 1 is 0.711 bits per heavy atom. The highest BCUT2D eigenvalue weighted by atomic mass is 28.3. The molecule has 6 rings (SSSR count). The van der Waals surface area contributed by atoms with Crippen LogP contribution in [-0.4, -0.2) is 21.7 Å². The molecule has 4 nitrogen and oxygen atoms in total. The van der Waals surface area contributed by atoms with Crippen molar-refractivity contribution in [3.05, 3.63) is 156 Å². The zero-order chi connectivity index (χ0) is 31.2. The van der Waals surface area contributed by atoms with E-state index in [0.29, 0.717) is 0 Å². The molecule has 0 bridgehead atoms. The summed E-state index contributed by atoms with van der Waals surface area (Å²) in [5, 5.41) is 2.39. The predicted octanol–water partition coefficient (Wildman–Crippen LogP) is 8.39. The molecule has 5 aromatic rings. The van der Waals surface area contributed by atoms with Gasteiger partial charge in [-0.1, -0.05) is 136 Å². The lowest BCUT2D eigenvalue weighted by atomic mass is 9.74. The number of carbonyl (C=O) groups excluding carboxylic acids is 1. The summed E-state index contributed by atoms with van der Waals surface area (Å²) in [5.41, 5.74) is 5.49. The maximum absolute atomic E-state index is 13.9. The summed E-state index contributed by atoms with van der Waals surface area (Å²) in [6.45, 7) is 7.09. The number of nitrogens with zero attached hydrogens (tertiary/aromatic N) is 1. The normalized spacial score (nSPS) is 16.2. The van der Waals surface area contributed by atoms with Crippen molar-refractivity contribution in [1.82, 2.24) is 0 Å². The molecule has 1 radical (unpaired) electrons. The van der Waals surface area contributed by atoms with Crippen LogP contribution in [0.15, 0.2) is 140 Å². The van der Waals surface area contributed by atoms with E-state index in [9.17, 15) is 4.79 Å². The first-order valence-corrected chi connectivity index (χ1v) is 17.1. The molecule has 2 unspecified atom stereocenters. The molecule has 1 amide bonds. The van der Waals surface area contributed by atoms with E-state index in [1.807, 2.05) is 72.8 Å². The molecule has 0 spiro atoms. The van der Waals surface area contributed by atoms with Gasteiger partial charge in [-0.15, -0.1) is 0 Å². The van der Waals surface area contributed by atoms with Gasteiger partial charge in [0.25, 0.3) is 9.04 Å². The summed E-state index contributed by atoms with van der Waals surface area (Å²) in [5.74, 6) is -0.00232. The van der Waals surface area contributed by atoms with Gasteiger partial charge in [0.1, 0.15) is 0 Å². The largest absolute Gasteiger partial charge is 0.448 e. The van der Waals surface area contributed by atoms with E-state index in [1.165, 1.54) is 27.1 Å². The summed E-state index contributed by atoms with van der Waals surface area (Å²) in [6.07, 6.45) is 1.18. The van der Waals surface area contributed by atoms with Gasteiger partial charge in [0, 0.05) is 5.92 Å². The Kier molecular flexibility index (Phi) is 9.29. The van der Waals surface area contributed by atoms with Crippen molar-refractivity contribution in [3.63, 3.8) is 0 Å². The monoisotopic (exact) mass is 610 g/mol. The molecule has 0 heterocycles. The fraction of sp³-hybridized carbons (Fsp3) is 0.225. The number of amides is 1. The number of fused-ring (bicyclic) bond motifs is 1. The molecule has 0 fully saturated rings. The van der Waals surface area contributed by atoms with Crippen LogP contribution >= 0.6 is 0 Å². The minimum atomic E-state index is -1.61. The average molecular weight is 611 g/mol. The molecular formula is C40H40NO3Si. The molecule has 45 heavy (non-hydrogen) atoms. The Balaban J connectivity index is 1.35. The Bertz CT molecular complexity index is 1610. The van der Waals surface area contributed by atoms with Gasteiger partial charge >= 0.3 is 6.09 Å². The Labute approximate surface area is 269 Å².